The number of thioether (sulfide) groups is 1. The van der Waals surface area contributed by atoms with E-state index in [9.17, 15) is 0 Å². The van der Waals surface area contributed by atoms with Crippen molar-refractivity contribution < 1.29 is 0 Å². The molecule has 0 aliphatic carbocycles. The molecular weight excluding hydrogens is 192 g/mol. The number of nitrogens with zero attached hydrogens (tertiary/aromatic N) is 1. The predicted molar refractivity (Wildman–Crippen MR) is 64.9 cm³/mol. The van der Waals surface area contributed by atoms with E-state index in [1.165, 1.54) is 11.3 Å². The molecule has 0 fully saturated rings. The fourth-order valence-corrected chi connectivity index (χ4v) is 1.87. The van der Waals surface area contributed by atoms with Gasteiger partial charge in [-0.1, -0.05) is 6.92 Å². The summed E-state index contributed by atoms with van der Waals surface area (Å²) in [5.74, 6) is 1.18. The maximum Gasteiger partial charge on any atom is 0.0310 e. The highest BCUT2D eigenvalue weighted by Gasteiger charge is 2.04. The fourth-order valence-electron chi connectivity index (χ4n) is 1.48. The quantitative estimate of drug-likeness (QED) is 0.780. The Morgan fingerprint density at radius 2 is 2.36 bits per heavy atom. The van der Waals surface area contributed by atoms with E-state index < -0.39 is 0 Å². The highest BCUT2D eigenvalue weighted by molar-refractivity contribution is 7.98. The zero-order valence-electron chi connectivity index (χ0n) is 9.29. The lowest BCUT2D eigenvalue weighted by Gasteiger charge is -2.09. The van der Waals surface area contributed by atoms with E-state index in [4.69, 9.17) is 0 Å². The first-order chi connectivity index (χ1) is 6.77. The average molecular weight is 212 g/mol. The fraction of sp³-hybridized carbons (Fsp3) is 0.636. The van der Waals surface area contributed by atoms with E-state index in [0.717, 1.165) is 13.1 Å². The summed E-state index contributed by atoms with van der Waals surface area (Å²) in [5.41, 5.74) is 1.38. The monoisotopic (exact) mass is 212 g/mol. The molecule has 0 bridgehead atoms. The van der Waals surface area contributed by atoms with Crippen LogP contribution < -0.4 is 5.32 Å². The molecule has 0 radical (unpaired) electrons. The summed E-state index contributed by atoms with van der Waals surface area (Å²) in [6.07, 6.45) is 6.55. The maximum atomic E-state index is 3.41. The SMILES string of the molecule is CCNC(C)c1ccn(CCSC)c1. The molecule has 0 aliphatic rings. The molecule has 1 heterocycles. The predicted octanol–water partition coefficient (Wildman–Crippen LogP) is 2.52. The average Bonchev–Trinajstić information content (AvgIpc) is 2.63. The highest BCUT2D eigenvalue weighted by Crippen LogP contribution is 2.12. The van der Waals surface area contributed by atoms with Crippen molar-refractivity contribution in [2.24, 2.45) is 0 Å². The van der Waals surface area contributed by atoms with Gasteiger partial charge in [0.2, 0.25) is 0 Å². The number of rotatable bonds is 6. The minimum Gasteiger partial charge on any atom is -0.353 e. The number of hydrogen-bond acceptors (Lipinski definition) is 2. The van der Waals surface area contributed by atoms with Crippen molar-refractivity contribution in [3.63, 3.8) is 0 Å². The lowest BCUT2D eigenvalue weighted by atomic mass is 10.2. The van der Waals surface area contributed by atoms with Crippen LogP contribution in [0.5, 0.6) is 0 Å². The summed E-state index contributed by atoms with van der Waals surface area (Å²) in [6.45, 7) is 6.48. The molecule has 0 amide bonds. The van der Waals surface area contributed by atoms with E-state index in [0.29, 0.717) is 6.04 Å². The Morgan fingerprint density at radius 3 is 3.00 bits per heavy atom. The van der Waals surface area contributed by atoms with E-state index in [-0.39, 0.29) is 0 Å². The molecule has 80 valence electrons. The van der Waals surface area contributed by atoms with Crippen LogP contribution in [-0.2, 0) is 6.54 Å². The van der Waals surface area contributed by atoms with Gasteiger partial charge in [-0.2, -0.15) is 11.8 Å². The molecule has 14 heavy (non-hydrogen) atoms. The van der Waals surface area contributed by atoms with E-state index >= 15 is 0 Å². The number of aromatic nitrogens is 1. The van der Waals surface area contributed by atoms with Crippen LogP contribution in [0.2, 0.25) is 0 Å². The molecule has 0 saturated heterocycles. The zero-order chi connectivity index (χ0) is 10.4. The molecule has 0 spiro atoms. The van der Waals surface area contributed by atoms with Crippen LogP contribution in [0, 0.1) is 0 Å². The third-order valence-corrected chi connectivity index (χ3v) is 2.93. The molecule has 0 aromatic carbocycles. The lowest BCUT2D eigenvalue weighted by Crippen LogP contribution is -2.17. The van der Waals surface area contributed by atoms with Gasteiger partial charge in [0.15, 0.2) is 0 Å². The zero-order valence-corrected chi connectivity index (χ0v) is 10.1. The maximum absolute atomic E-state index is 3.41. The number of hydrogen-bond donors (Lipinski definition) is 1. The van der Waals surface area contributed by atoms with Crippen LogP contribution in [0.25, 0.3) is 0 Å². The van der Waals surface area contributed by atoms with Crippen LogP contribution in [0.1, 0.15) is 25.5 Å². The second kappa shape index (κ2) is 6.14. The van der Waals surface area contributed by atoms with Gasteiger partial charge < -0.3 is 9.88 Å². The molecule has 1 N–H and O–H groups in total. The van der Waals surface area contributed by atoms with E-state index in [2.05, 4.69) is 48.4 Å². The van der Waals surface area contributed by atoms with Crippen LogP contribution in [0.4, 0.5) is 0 Å². The number of nitrogens with one attached hydrogen (secondary N) is 1. The molecule has 2 nitrogen and oxygen atoms in total. The Hall–Kier alpha value is -0.410. The van der Waals surface area contributed by atoms with Gasteiger partial charge in [0.05, 0.1) is 0 Å². The Balaban J connectivity index is 2.49. The minimum absolute atomic E-state index is 0.468. The molecule has 1 aromatic rings. The van der Waals surface area contributed by atoms with Crippen LogP contribution >= 0.6 is 11.8 Å². The van der Waals surface area contributed by atoms with Crippen molar-refractivity contribution in [1.82, 2.24) is 9.88 Å². The van der Waals surface area contributed by atoms with Crippen LogP contribution in [0.3, 0.4) is 0 Å². The first-order valence-electron chi connectivity index (χ1n) is 5.16. The Morgan fingerprint density at radius 1 is 1.57 bits per heavy atom. The Bertz CT molecular complexity index is 258. The van der Waals surface area contributed by atoms with Gasteiger partial charge in [-0.05, 0) is 31.4 Å². The third-order valence-electron chi connectivity index (χ3n) is 2.34. The topological polar surface area (TPSA) is 17.0 Å². The third kappa shape index (κ3) is 3.39. The van der Waals surface area contributed by atoms with Crippen molar-refractivity contribution in [2.45, 2.75) is 26.4 Å². The van der Waals surface area contributed by atoms with Crippen molar-refractivity contribution >= 4 is 11.8 Å². The van der Waals surface area contributed by atoms with Gasteiger partial charge in [-0.15, -0.1) is 0 Å². The van der Waals surface area contributed by atoms with Gasteiger partial charge in [0.1, 0.15) is 0 Å². The van der Waals surface area contributed by atoms with Crippen molar-refractivity contribution in [2.75, 3.05) is 18.6 Å². The summed E-state index contributed by atoms with van der Waals surface area (Å²) in [6, 6.07) is 2.67. The minimum atomic E-state index is 0.468. The summed E-state index contributed by atoms with van der Waals surface area (Å²) in [5, 5.41) is 3.41. The van der Waals surface area contributed by atoms with Crippen molar-refractivity contribution in [3.05, 3.63) is 24.0 Å². The second-order valence-corrected chi connectivity index (χ2v) is 4.44. The van der Waals surface area contributed by atoms with Crippen LogP contribution in [0.15, 0.2) is 18.5 Å². The van der Waals surface area contributed by atoms with Gasteiger partial charge in [0, 0.05) is 30.7 Å². The molecule has 3 heteroatoms. The van der Waals surface area contributed by atoms with Gasteiger partial charge in [0.25, 0.3) is 0 Å². The molecule has 1 rings (SSSR count). The van der Waals surface area contributed by atoms with Gasteiger partial charge in [-0.25, -0.2) is 0 Å². The van der Waals surface area contributed by atoms with Crippen LogP contribution in [-0.4, -0.2) is 23.1 Å². The summed E-state index contributed by atoms with van der Waals surface area (Å²) < 4.78 is 2.26. The smallest absolute Gasteiger partial charge is 0.0310 e. The van der Waals surface area contributed by atoms with Gasteiger partial charge in [-0.3, -0.25) is 0 Å². The lowest BCUT2D eigenvalue weighted by molar-refractivity contribution is 0.596. The molecular formula is C11H20N2S. The highest BCUT2D eigenvalue weighted by atomic mass is 32.2. The normalized spacial score (nSPS) is 13.1. The first-order valence-corrected chi connectivity index (χ1v) is 6.55. The molecule has 1 atom stereocenters. The van der Waals surface area contributed by atoms with Crippen molar-refractivity contribution in [1.29, 1.82) is 0 Å². The van der Waals surface area contributed by atoms with E-state index in [1.54, 1.807) is 0 Å². The Labute approximate surface area is 91.1 Å². The molecule has 0 aliphatic heterocycles. The summed E-state index contributed by atoms with van der Waals surface area (Å²) in [4.78, 5) is 0. The van der Waals surface area contributed by atoms with Gasteiger partial charge >= 0.3 is 0 Å². The number of aryl methyl sites for hydroxylation is 1. The van der Waals surface area contributed by atoms with Crippen molar-refractivity contribution in [3.8, 4) is 0 Å². The van der Waals surface area contributed by atoms with E-state index in [1.807, 2.05) is 11.8 Å². The largest absolute Gasteiger partial charge is 0.353 e. The second-order valence-electron chi connectivity index (χ2n) is 3.45. The standard InChI is InChI=1S/C11H20N2S/c1-4-12-10(2)11-5-6-13(9-11)7-8-14-3/h5-6,9-10,12H,4,7-8H2,1-3H3. The summed E-state index contributed by atoms with van der Waals surface area (Å²) >= 11 is 1.89. The molecule has 1 unspecified atom stereocenters. The first kappa shape index (κ1) is 11.7. The Kier molecular flexibility index (Phi) is 5.12. The summed E-state index contributed by atoms with van der Waals surface area (Å²) in [7, 11) is 0. The molecule has 0 saturated carbocycles. The molecule has 1 aromatic heterocycles.